The number of methoxy groups -OCH3 is 1. The molecule has 1 aliphatic heterocycles. The summed E-state index contributed by atoms with van der Waals surface area (Å²) in [7, 11) is 1.73. The van der Waals surface area contributed by atoms with Gasteiger partial charge in [0.25, 0.3) is 0 Å². The van der Waals surface area contributed by atoms with Crippen molar-refractivity contribution in [2.24, 2.45) is 0 Å². The van der Waals surface area contributed by atoms with E-state index in [0.29, 0.717) is 11.1 Å². The summed E-state index contributed by atoms with van der Waals surface area (Å²) in [6, 6.07) is 32.3. The molecule has 42 heavy (non-hydrogen) atoms. The van der Waals surface area contributed by atoms with Gasteiger partial charge in [0, 0.05) is 67.4 Å². The molecule has 0 bridgehead atoms. The van der Waals surface area contributed by atoms with Crippen LogP contribution in [0.1, 0.15) is 39.6 Å². The van der Waals surface area contributed by atoms with E-state index in [1.54, 1.807) is 13.3 Å². The smallest absolute Gasteiger partial charge is 0.195 e. The Balaban J connectivity index is 1.11. The zero-order chi connectivity index (χ0) is 28.9. The lowest BCUT2D eigenvalue weighted by molar-refractivity contribution is 0.104. The number of ether oxygens (including phenoxy) is 2. The van der Waals surface area contributed by atoms with Gasteiger partial charge in [0.05, 0.1) is 12.8 Å². The Bertz CT molecular complexity index is 1630. The standard InChI is InChI=1S/C36H37N3O3/c1-26-11-13-27(14-12-26)34(19-20-38-21-23-39(24-22-38)33-9-5-6-10-35(33)41-2)42-29-17-15-28(16-18-29)36(40)31-25-37-32-8-4-3-7-30(31)32/h3-18,25,34,37H,19-24H2,1-2H3/t34-/m0/s1. The first-order valence-corrected chi connectivity index (χ1v) is 14.6. The van der Waals surface area contributed by atoms with E-state index in [-0.39, 0.29) is 11.9 Å². The summed E-state index contributed by atoms with van der Waals surface area (Å²) in [4.78, 5) is 21.4. The number of aromatic nitrogens is 1. The number of nitrogens with zero attached hydrogens (tertiary/aromatic N) is 2. The minimum absolute atomic E-state index is 0.00125. The molecule has 0 unspecified atom stereocenters. The Morgan fingerprint density at radius 2 is 1.57 bits per heavy atom. The molecule has 0 radical (unpaired) electrons. The monoisotopic (exact) mass is 559 g/mol. The number of rotatable bonds is 10. The van der Waals surface area contributed by atoms with Crippen LogP contribution in [0.25, 0.3) is 10.9 Å². The number of hydrogen-bond donors (Lipinski definition) is 1. The van der Waals surface area contributed by atoms with E-state index < -0.39 is 0 Å². The van der Waals surface area contributed by atoms with Gasteiger partial charge >= 0.3 is 0 Å². The lowest BCUT2D eigenvalue weighted by Gasteiger charge is -2.37. The zero-order valence-electron chi connectivity index (χ0n) is 24.3. The maximum atomic E-state index is 13.3. The van der Waals surface area contributed by atoms with Gasteiger partial charge in [-0.1, -0.05) is 60.2 Å². The molecular formula is C36H37N3O3. The molecule has 1 aliphatic rings. The zero-order valence-corrected chi connectivity index (χ0v) is 24.3. The molecule has 6 rings (SSSR count). The predicted molar refractivity (Wildman–Crippen MR) is 169 cm³/mol. The lowest BCUT2D eigenvalue weighted by atomic mass is 10.0. The van der Waals surface area contributed by atoms with Gasteiger partial charge in [-0.2, -0.15) is 0 Å². The van der Waals surface area contributed by atoms with Crippen LogP contribution in [0, 0.1) is 6.92 Å². The van der Waals surface area contributed by atoms with Crippen LogP contribution in [0.15, 0.2) is 103 Å². The molecule has 6 heteroatoms. The molecule has 1 atom stereocenters. The van der Waals surface area contributed by atoms with Crippen molar-refractivity contribution in [3.05, 3.63) is 126 Å². The largest absolute Gasteiger partial charge is 0.495 e. The molecule has 2 heterocycles. The first-order chi connectivity index (χ1) is 20.6. The van der Waals surface area contributed by atoms with E-state index >= 15 is 0 Å². The number of ketones is 1. The van der Waals surface area contributed by atoms with Crippen LogP contribution in [0.3, 0.4) is 0 Å². The van der Waals surface area contributed by atoms with Gasteiger partial charge in [0.1, 0.15) is 17.6 Å². The second-order valence-corrected chi connectivity index (χ2v) is 10.9. The quantitative estimate of drug-likeness (QED) is 0.186. The molecular weight excluding hydrogens is 522 g/mol. The van der Waals surface area contributed by atoms with E-state index in [0.717, 1.165) is 72.8 Å². The maximum Gasteiger partial charge on any atom is 0.195 e. The van der Waals surface area contributed by atoms with Crippen molar-refractivity contribution in [2.75, 3.05) is 44.7 Å². The number of nitrogens with one attached hydrogen (secondary N) is 1. The van der Waals surface area contributed by atoms with Gasteiger partial charge in [-0.05, 0) is 55.0 Å². The highest BCUT2D eigenvalue weighted by Crippen LogP contribution is 2.30. The maximum absolute atomic E-state index is 13.3. The first kappa shape index (κ1) is 27.6. The Hall–Kier alpha value is -4.55. The van der Waals surface area contributed by atoms with Crippen molar-refractivity contribution < 1.29 is 14.3 Å². The van der Waals surface area contributed by atoms with Crippen molar-refractivity contribution in [1.29, 1.82) is 0 Å². The second-order valence-electron chi connectivity index (χ2n) is 10.9. The Labute approximate surface area is 247 Å². The number of para-hydroxylation sites is 3. The van der Waals surface area contributed by atoms with Gasteiger partial charge in [-0.15, -0.1) is 0 Å². The highest BCUT2D eigenvalue weighted by Gasteiger charge is 2.22. The number of hydrogen-bond acceptors (Lipinski definition) is 5. The fourth-order valence-electron chi connectivity index (χ4n) is 5.74. The van der Waals surface area contributed by atoms with E-state index in [1.165, 1.54) is 5.56 Å². The lowest BCUT2D eigenvalue weighted by Crippen LogP contribution is -2.47. The molecule has 4 aromatic carbocycles. The van der Waals surface area contributed by atoms with Crippen LogP contribution in [-0.2, 0) is 0 Å². The summed E-state index contributed by atoms with van der Waals surface area (Å²) in [6.45, 7) is 6.94. The summed E-state index contributed by atoms with van der Waals surface area (Å²) >= 11 is 0. The van der Waals surface area contributed by atoms with E-state index in [4.69, 9.17) is 9.47 Å². The average molecular weight is 560 g/mol. The number of aryl methyl sites for hydroxylation is 1. The molecule has 1 N–H and O–H groups in total. The molecule has 1 saturated heterocycles. The number of fused-ring (bicyclic) bond motifs is 1. The number of aromatic amines is 1. The SMILES string of the molecule is COc1ccccc1N1CCN(CC[C@H](Oc2ccc(C(=O)c3c[nH]c4ccccc34)cc2)c2ccc(C)cc2)CC1. The van der Waals surface area contributed by atoms with E-state index in [2.05, 4.69) is 58.1 Å². The van der Waals surface area contributed by atoms with Crippen molar-refractivity contribution in [2.45, 2.75) is 19.4 Å². The van der Waals surface area contributed by atoms with Gasteiger partial charge in [-0.25, -0.2) is 0 Å². The summed E-state index contributed by atoms with van der Waals surface area (Å²) in [6.07, 6.45) is 2.57. The fourth-order valence-corrected chi connectivity index (χ4v) is 5.74. The average Bonchev–Trinajstić information content (AvgIpc) is 3.48. The number of carbonyl (C=O) groups excluding carboxylic acids is 1. The molecule has 214 valence electrons. The molecule has 0 amide bonds. The van der Waals surface area contributed by atoms with Gasteiger partial charge in [0.15, 0.2) is 5.78 Å². The topological polar surface area (TPSA) is 57.8 Å². The van der Waals surface area contributed by atoms with Crippen molar-refractivity contribution in [1.82, 2.24) is 9.88 Å². The van der Waals surface area contributed by atoms with Crippen LogP contribution < -0.4 is 14.4 Å². The third-order valence-electron chi connectivity index (χ3n) is 8.18. The van der Waals surface area contributed by atoms with Gasteiger partial charge in [-0.3, -0.25) is 9.69 Å². The number of piperazine rings is 1. The normalized spacial score (nSPS) is 14.6. The number of benzene rings is 4. The minimum Gasteiger partial charge on any atom is -0.495 e. The summed E-state index contributed by atoms with van der Waals surface area (Å²) in [5.74, 6) is 1.69. The third-order valence-corrected chi connectivity index (χ3v) is 8.18. The molecule has 1 fully saturated rings. The Morgan fingerprint density at radius 3 is 2.33 bits per heavy atom. The van der Waals surface area contributed by atoms with Crippen molar-refractivity contribution in [3.8, 4) is 11.5 Å². The predicted octanol–water partition coefficient (Wildman–Crippen LogP) is 7.05. The summed E-state index contributed by atoms with van der Waals surface area (Å²) in [5, 5.41) is 0.936. The van der Waals surface area contributed by atoms with Crippen LogP contribution in [-0.4, -0.2) is 55.5 Å². The van der Waals surface area contributed by atoms with Crippen LogP contribution in [0.5, 0.6) is 11.5 Å². The van der Waals surface area contributed by atoms with Crippen molar-refractivity contribution in [3.63, 3.8) is 0 Å². The minimum atomic E-state index is -0.0898. The van der Waals surface area contributed by atoms with Gasteiger partial charge in [0.2, 0.25) is 0 Å². The molecule has 1 aromatic heterocycles. The first-order valence-electron chi connectivity index (χ1n) is 14.6. The summed E-state index contributed by atoms with van der Waals surface area (Å²) in [5.41, 5.74) is 5.84. The number of H-pyrrole nitrogens is 1. The number of carbonyl (C=O) groups is 1. The molecule has 5 aromatic rings. The highest BCUT2D eigenvalue weighted by atomic mass is 16.5. The Morgan fingerprint density at radius 1 is 0.857 bits per heavy atom. The molecule has 0 spiro atoms. The second kappa shape index (κ2) is 12.5. The number of anilines is 1. The Kier molecular flexibility index (Phi) is 8.24. The van der Waals surface area contributed by atoms with E-state index in [9.17, 15) is 4.79 Å². The molecule has 6 nitrogen and oxygen atoms in total. The molecule has 0 aliphatic carbocycles. The van der Waals surface area contributed by atoms with Crippen LogP contribution in [0.4, 0.5) is 5.69 Å². The highest BCUT2D eigenvalue weighted by molar-refractivity contribution is 6.16. The van der Waals surface area contributed by atoms with Crippen molar-refractivity contribution >= 4 is 22.4 Å². The molecule has 0 saturated carbocycles. The third kappa shape index (κ3) is 6.04. The van der Waals surface area contributed by atoms with Crippen LogP contribution in [0.2, 0.25) is 0 Å². The van der Waals surface area contributed by atoms with Crippen LogP contribution >= 0.6 is 0 Å². The summed E-state index contributed by atoms with van der Waals surface area (Å²) < 4.78 is 12.2. The van der Waals surface area contributed by atoms with Gasteiger partial charge < -0.3 is 19.4 Å². The fraction of sp³-hybridized carbons (Fsp3) is 0.250. The van der Waals surface area contributed by atoms with E-state index in [1.807, 2.05) is 60.7 Å².